The van der Waals surface area contributed by atoms with Crippen LogP contribution >= 0.6 is 0 Å². The molecular formula is C20H21F6N3O4. The molecule has 0 saturated carbocycles. The summed E-state index contributed by atoms with van der Waals surface area (Å²) in [5, 5.41) is 5.89. The van der Waals surface area contributed by atoms with E-state index in [0.717, 1.165) is 4.90 Å². The second kappa shape index (κ2) is 10.7. The van der Waals surface area contributed by atoms with Crippen LogP contribution in [0.3, 0.4) is 0 Å². The van der Waals surface area contributed by atoms with Gasteiger partial charge in [0.2, 0.25) is 5.91 Å². The summed E-state index contributed by atoms with van der Waals surface area (Å²) in [6.07, 6.45) is -10.0. The van der Waals surface area contributed by atoms with E-state index < -0.39 is 47.4 Å². The molecule has 33 heavy (non-hydrogen) atoms. The molecule has 1 aromatic carbocycles. The molecular weight excluding hydrogens is 460 g/mol. The van der Waals surface area contributed by atoms with Gasteiger partial charge in [-0.15, -0.1) is 0 Å². The van der Waals surface area contributed by atoms with Crippen molar-refractivity contribution in [1.29, 1.82) is 0 Å². The minimum Gasteiger partial charge on any atom is -0.382 e. The summed E-state index contributed by atoms with van der Waals surface area (Å²) in [5.74, 6) is -1.51. The van der Waals surface area contributed by atoms with Crippen molar-refractivity contribution in [3.8, 4) is 0 Å². The van der Waals surface area contributed by atoms with Gasteiger partial charge >= 0.3 is 12.4 Å². The van der Waals surface area contributed by atoms with E-state index in [1.54, 1.807) is 13.8 Å². The molecule has 0 radical (unpaired) electrons. The number of benzene rings is 1. The topological polar surface area (TPSA) is 84.7 Å². The molecule has 2 amide bonds. The van der Waals surface area contributed by atoms with Crippen molar-refractivity contribution in [2.24, 2.45) is 0 Å². The van der Waals surface area contributed by atoms with Gasteiger partial charge in [-0.2, -0.15) is 26.3 Å². The summed E-state index contributed by atoms with van der Waals surface area (Å²) in [6.45, 7) is 3.02. The zero-order chi connectivity index (χ0) is 24.8. The number of aryl methyl sites for hydroxylation is 1. The molecule has 2 aromatic rings. The molecule has 7 nitrogen and oxygen atoms in total. The molecule has 0 fully saturated rings. The van der Waals surface area contributed by atoms with Crippen LogP contribution in [0.15, 0.2) is 28.8 Å². The third kappa shape index (κ3) is 7.77. The molecule has 0 aliphatic carbocycles. The highest BCUT2D eigenvalue weighted by Crippen LogP contribution is 2.36. The number of rotatable bonds is 9. The number of halogens is 6. The first-order valence-electron chi connectivity index (χ1n) is 9.71. The Bertz CT molecular complexity index is 939. The first kappa shape index (κ1) is 26.2. The van der Waals surface area contributed by atoms with Crippen LogP contribution in [0.2, 0.25) is 0 Å². The van der Waals surface area contributed by atoms with E-state index in [1.165, 1.54) is 6.07 Å². The lowest BCUT2D eigenvalue weighted by atomic mass is 10.0. The van der Waals surface area contributed by atoms with Crippen molar-refractivity contribution < 1.29 is 45.2 Å². The number of nitrogens with zero attached hydrogens (tertiary/aromatic N) is 2. The maximum atomic E-state index is 13.2. The average molecular weight is 481 g/mol. The van der Waals surface area contributed by atoms with Crippen LogP contribution in [0.25, 0.3) is 0 Å². The average Bonchev–Trinajstić information content (AvgIpc) is 3.12. The van der Waals surface area contributed by atoms with Gasteiger partial charge in [-0.25, -0.2) is 0 Å². The van der Waals surface area contributed by atoms with Gasteiger partial charge in [0.25, 0.3) is 5.91 Å². The third-order valence-electron chi connectivity index (χ3n) is 4.27. The fraction of sp³-hybridized carbons (Fsp3) is 0.450. The number of carbonyl (C=O) groups excluding carboxylic acids is 2. The van der Waals surface area contributed by atoms with Gasteiger partial charge in [0.15, 0.2) is 5.82 Å². The molecule has 1 N–H and O–H groups in total. The van der Waals surface area contributed by atoms with Gasteiger partial charge in [-0.3, -0.25) is 9.59 Å². The first-order chi connectivity index (χ1) is 15.3. The maximum Gasteiger partial charge on any atom is 0.416 e. The van der Waals surface area contributed by atoms with E-state index in [4.69, 9.17) is 9.26 Å². The molecule has 0 unspecified atom stereocenters. The maximum absolute atomic E-state index is 13.2. The van der Waals surface area contributed by atoms with Crippen LogP contribution in [0.5, 0.6) is 0 Å². The Morgan fingerprint density at radius 3 is 2.15 bits per heavy atom. The van der Waals surface area contributed by atoms with Gasteiger partial charge in [0.1, 0.15) is 12.3 Å². The second-order valence-corrected chi connectivity index (χ2v) is 6.94. The number of hydrogen-bond acceptors (Lipinski definition) is 5. The van der Waals surface area contributed by atoms with Crippen LogP contribution in [-0.2, 0) is 21.9 Å². The van der Waals surface area contributed by atoms with Gasteiger partial charge in [0, 0.05) is 31.4 Å². The van der Waals surface area contributed by atoms with Crippen molar-refractivity contribution in [2.45, 2.75) is 32.6 Å². The van der Waals surface area contributed by atoms with E-state index in [1.807, 2.05) is 0 Å². The fourth-order valence-electron chi connectivity index (χ4n) is 2.80. The molecule has 0 atom stereocenters. The molecule has 1 aromatic heterocycles. The van der Waals surface area contributed by atoms with E-state index >= 15 is 0 Å². The van der Waals surface area contributed by atoms with E-state index in [-0.39, 0.29) is 31.5 Å². The molecule has 13 heteroatoms. The smallest absolute Gasteiger partial charge is 0.382 e. The second-order valence-electron chi connectivity index (χ2n) is 6.94. The minimum atomic E-state index is -5.11. The largest absolute Gasteiger partial charge is 0.416 e. The molecule has 0 saturated heterocycles. The lowest BCUT2D eigenvalue weighted by Gasteiger charge is -2.23. The summed E-state index contributed by atoms with van der Waals surface area (Å²) in [4.78, 5) is 26.1. The normalized spacial score (nSPS) is 12.0. The monoisotopic (exact) mass is 481 g/mol. The number of anilines is 1. The Hall–Kier alpha value is -3.09. The SMILES string of the molecule is CCOCCCN(CC(=O)Nc1cc(C)on1)C(=O)c1cc(C(F)(F)F)cc(C(F)(F)F)c1. The third-order valence-corrected chi connectivity index (χ3v) is 4.27. The van der Waals surface area contributed by atoms with Crippen LogP contribution in [-0.4, -0.2) is 48.2 Å². The van der Waals surface area contributed by atoms with Gasteiger partial charge in [-0.1, -0.05) is 5.16 Å². The Morgan fingerprint density at radius 1 is 1.06 bits per heavy atom. The van der Waals surface area contributed by atoms with Crippen LogP contribution in [0, 0.1) is 6.92 Å². The predicted octanol–water partition coefficient (Wildman–Crippen LogP) is 4.53. The molecule has 0 aliphatic rings. The number of hydrogen-bond donors (Lipinski definition) is 1. The number of carbonyl (C=O) groups is 2. The van der Waals surface area contributed by atoms with Crippen molar-refractivity contribution in [1.82, 2.24) is 10.1 Å². The Labute approximate surface area is 184 Å². The molecule has 0 spiro atoms. The van der Waals surface area contributed by atoms with E-state index in [0.29, 0.717) is 24.5 Å². The highest BCUT2D eigenvalue weighted by Gasteiger charge is 2.38. The van der Waals surface area contributed by atoms with Crippen LogP contribution < -0.4 is 5.32 Å². The zero-order valence-electron chi connectivity index (χ0n) is 17.6. The Kier molecular flexibility index (Phi) is 8.47. The quantitative estimate of drug-likeness (QED) is 0.420. The van der Waals surface area contributed by atoms with E-state index in [2.05, 4.69) is 10.5 Å². The number of ether oxygens (including phenoxy) is 1. The van der Waals surface area contributed by atoms with E-state index in [9.17, 15) is 35.9 Å². The van der Waals surface area contributed by atoms with Crippen molar-refractivity contribution in [2.75, 3.05) is 31.6 Å². The van der Waals surface area contributed by atoms with Crippen LogP contribution in [0.1, 0.15) is 40.6 Å². The van der Waals surface area contributed by atoms with Crippen molar-refractivity contribution >= 4 is 17.6 Å². The molecule has 2 rings (SSSR count). The number of aromatic nitrogens is 1. The lowest BCUT2D eigenvalue weighted by Crippen LogP contribution is -2.39. The summed E-state index contributed by atoms with van der Waals surface area (Å²) in [5.41, 5.74) is -4.10. The highest BCUT2D eigenvalue weighted by atomic mass is 19.4. The number of nitrogens with one attached hydrogen (secondary N) is 1. The zero-order valence-corrected chi connectivity index (χ0v) is 17.6. The van der Waals surface area contributed by atoms with Gasteiger partial charge < -0.3 is 19.5 Å². The predicted molar refractivity (Wildman–Crippen MR) is 103 cm³/mol. The molecule has 1 heterocycles. The molecule has 0 bridgehead atoms. The van der Waals surface area contributed by atoms with Crippen molar-refractivity contribution in [3.63, 3.8) is 0 Å². The summed E-state index contributed by atoms with van der Waals surface area (Å²) < 4.78 is 88.9. The van der Waals surface area contributed by atoms with Crippen LogP contribution in [0.4, 0.5) is 32.2 Å². The Balaban J connectivity index is 2.32. The highest BCUT2D eigenvalue weighted by molar-refractivity contribution is 5.99. The fourth-order valence-corrected chi connectivity index (χ4v) is 2.80. The molecule has 0 aliphatic heterocycles. The summed E-state index contributed by atoms with van der Waals surface area (Å²) in [7, 11) is 0. The first-order valence-corrected chi connectivity index (χ1v) is 9.71. The number of amides is 2. The van der Waals surface area contributed by atoms with Gasteiger partial charge in [0.05, 0.1) is 11.1 Å². The summed E-state index contributed by atoms with van der Waals surface area (Å²) >= 11 is 0. The number of alkyl halides is 6. The van der Waals surface area contributed by atoms with Crippen molar-refractivity contribution in [3.05, 3.63) is 46.7 Å². The summed E-state index contributed by atoms with van der Waals surface area (Å²) in [6, 6.07) is 1.97. The minimum absolute atomic E-state index is 0.0395. The standard InChI is InChI=1S/C20H21F6N3O4/c1-3-32-6-4-5-29(11-17(30)27-16-7-12(2)33-28-16)18(31)13-8-14(19(21,22)23)10-15(9-13)20(24,25)26/h7-10H,3-6,11H2,1-2H3,(H,27,28,30). The molecule has 182 valence electrons. The lowest BCUT2D eigenvalue weighted by molar-refractivity contribution is -0.143. The Morgan fingerprint density at radius 2 is 1.67 bits per heavy atom. The van der Waals surface area contributed by atoms with Gasteiger partial charge in [-0.05, 0) is 38.5 Å².